The molecule has 3 rings (SSSR count). The van der Waals surface area contributed by atoms with E-state index in [2.05, 4.69) is 15.6 Å². The van der Waals surface area contributed by atoms with E-state index in [0.717, 1.165) is 28.6 Å². The van der Waals surface area contributed by atoms with Crippen LogP contribution in [0.5, 0.6) is 5.88 Å². The van der Waals surface area contributed by atoms with Crippen molar-refractivity contribution < 1.29 is 23.1 Å². The third-order valence-corrected chi connectivity index (χ3v) is 4.99. The zero-order chi connectivity index (χ0) is 21.9. The number of alkyl halides is 3. The van der Waals surface area contributed by atoms with Crippen LogP contribution < -0.4 is 10.6 Å². The summed E-state index contributed by atoms with van der Waals surface area (Å²) in [6.45, 7) is 3.88. The maximum Gasteiger partial charge on any atom is 0.416 e. The predicted molar refractivity (Wildman–Crippen MR) is 110 cm³/mol. The second kappa shape index (κ2) is 8.79. The molecule has 30 heavy (non-hydrogen) atoms. The van der Waals surface area contributed by atoms with Crippen molar-refractivity contribution in [3.8, 4) is 5.88 Å². The van der Waals surface area contributed by atoms with Gasteiger partial charge in [0.05, 0.1) is 5.56 Å². The number of aromatic nitrogens is 1. The van der Waals surface area contributed by atoms with Crippen LogP contribution in [0.4, 0.5) is 18.9 Å². The van der Waals surface area contributed by atoms with E-state index in [4.69, 9.17) is 0 Å². The number of hydrogen-bond donors (Lipinski definition) is 4. The minimum absolute atomic E-state index is 0.0218. The van der Waals surface area contributed by atoms with Crippen LogP contribution >= 0.6 is 0 Å². The molecule has 0 aliphatic carbocycles. The average Bonchev–Trinajstić information content (AvgIpc) is 3.02. The lowest BCUT2D eigenvalue weighted by Crippen LogP contribution is -2.30. The number of carbonyl (C=O) groups is 1. The molecule has 5 nitrogen and oxygen atoms in total. The first kappa shape index (κ1) is 21.7. The first-order chi connectivity index (χ1) is 14.1. The Kier molecular flexibility index (Phi) is 6.36. The molecule has 4 N–H and O–H groups in total. The summed E-state index contributed by atoms with van der Waals surface area (Å²) >= 11 is 0. The van der Waals surface area contributed by atoms with Gasteiger partial charge in [0, 0.05) is 40.7 Å². The number of nitrogens with one attached hydrogen (secondary N) is 3. The monoisotopic (exact) mass is 419 g/mol. The number of hydrogen-bond acceptors (Lipinski definition) is 3. The van der Waals surface area contributed by atoms with Crippen LogP contribution in [0.3, 0.4) is 0 Å². The third kappa shape index (κ3) is 5.13. The quantitative estimate of drug-likeness (QED) is 0.417. The molecule has 160 valence electrons. The fraction of sp³-hybridized carbons (Fsp3) is 0.318. The Morgan fingerprint density at radius 3 is 2.43 bits per heavy atom. The Balaban J connectivity index is 1.52. The molecule has 1 aromatic heterocycles. The van der Waals surface area contributed by atoms with Crippen molar-refractivity contribution in [3.05, 3.63) is 59.7 Å². The zero-order valence-corrected chi connectivity index (χ0v) is 16.7. The van der Waals surface area contributed by atoms with Gasteiger partial charge in [0.1, 0.15) is 0 Å². The lowest BCUT2D eigenvalue weighted by Gasteiger charge is -2.20. The minimum Gasteiger partial charge on any atom is -0.494 e. The van der Waals surface area contributed by atoms with Crippen molar-refractivity contribution in [1.29, 1.82) is 0 Å². The molecule has 0 bridgehead atoms. The molecule has 1 amide bonds. The molecular formula is C22H24F3N3O2. The summed E-state index contributed by atoms with van der Waals surface area (Å²) in [5.74, 6) is -0.158. The number of fused-ring (bicyclic) bond motifs is 1. The van der Waals surface area contributed by atoms with Gasteiger partial charge >= 0.3 is 6.18 Å². The maximum atomic E-state index is 12.6. The average molecular weight is 419 g/mol. The summed E-state index contributed by atoms with van der Waals surface area (Å²) in [7, 11) is 0. The van der Waals surface area contributed by atoms with Crippen LogP contribution in [-0.2, 0) is 11.0 Å². The Labute approximate surface area is 172 Å². The van der Waals surface area contributed by atoms with E-state index in [1.54, 1.807) is 0 Å². The summed E-state index contributed by atoms with van der Waals surface area (Å²) in [6.07, 6.45) is -3.67. The molecule has 0 aliphatic heterocycles. The molecule has 2 unspecified atom stereocenters. The van der Waals surface area contributed by atoms with Gasteiger partial charge < -0.3 is 20.7 Å². The Morgan fingerprint density at radius 2 is 1.77 bits per heavy atom. The minimum atomic E-state index is -4.40. The molecule has 2 atom stereocenters. The number of carbonyl (C=O) groups excluding carboxylic acids is 1. The summed E-state index contributed by atoms with van der Waals surface area (Å²) in [5.41, 5.74) is 1.19. The van der Waals surface area contributed by atoms with Gasteiger partial charge in [-0.05, 0) is 50.6 Å². The molecule has 0 radical (unpaired) electrons. The van der Waals surface area contributed by atoms with Gasteiger partial charge in [-0.2, -0.15) is 13.2 Å². The highest BCUT2D eigenvalue weighted by atomic mass is 19.4. The fourth-order valence-electron chi connectivity index (χ4n) is 3.49. The lowest BCUT2D eigenvalue weighted by molar-refractivity contribution is -0.137. The summed E-state index contributed by atoms with van der Waals surface area (Å²) in [6, 6.07) is 11.8. The largest absolute Gasteiger partial charge is 0.494 e. The van der Waals surface area contributed by atoms with E-state index < -0.39 is 11.7 Å². The molecule has 1 heterocycles. The van der Waals surface area contributed by atoms with Crippen molar-refractivity contribution in [2.24, 2.45) is 0 Å². The number of aromatic hydroxyl groups is 1. The molecule has 0 saturated carbocycles. The van der Waals surface area contributed by atoms with E-state index in [0.29, 0.717) is 12.1 Å². The molecule has 3 aromatic rings. The van der Waals surface area contributed by atoms with Crippen LogP contribution in [0.25, 0.3) is 10.9 Å². The molecule has 0 spiro atoms. The van der Waals surface area contributed by atoms with Gasteiger partial charge in [0.2, 0.25) is 5.91 Å². The van der Waals surface area contributed by atoms with Crippen LogP contribution in [0.15, 0.2) is 48.5 Å². The third-order valence-electron chi connectivity index (χ3n) is 4.99. The molecule has 0 saturated heterocycles. The molecule has 2 aromatic carbocycles. The van der Waals surface area contributed by atoms with Gasteiger partial charge in [-0.25, -0.2) is 0 Å². The van der Waals surface area contributed by atoms with Gasteiger partial charge in [0.15, 0.2) is 5.88 Å². The first-order valence-electron chi connectivity index (χ1n) is 9.68. The second-order valence-corrected chi connectivity index (χ2v) is 7.38. The Bertz CT molecular complexity index is 1010. The van der Waals surface area contributed by atoms with Gasteiger partial charge in [-0.15, -0.1) is 0 Å². The lowest BCUT2D eigenvalue weighted by atomic mass is 10.0. The molecule has 8 heteroatoms. The van der Waals surface area contributed by atoms with E-state index in [-0.39, 0.29) is 30.3 Å². The number of anilines is 1. The smallest absolute Gasteiger partial charge is 0.416 e. The van der Waals surface area contributed by atoms with E-state index in [1.165, 1.54) is 12.1 Å². The number of rotatable bonds is 7. The number of benzene rings is 2. The highest BCUT2D eigenvalue weighted by Gasteiger charge is 2.30. The molecular weight excluding hydrogens is 395 g/mol. The van der Waals surface area contributed by atoms with Crippen LogP contribution in [-0.4, -0.2) is 22.0 Å². The zero-order valence-electron chi connectivity index (χ0n) is 16.7. The number of amides is 1. The maximum absolute atomic E-state index is 12.6. The molecule has 0 aliphatic rings. The van der Waals surface area contributed by atoms with E-state index >= 15 is 0 Å². The summed E-state index contributed by atoms with van der Waals surface area (Å²) in [4.78, 5) is 15.1. The SMILES string of the molecule is CC(CCC(=O)Nc1ccc(C(F)(F)F)cc1)NC(C)c1c(O)[nH]c2ccccc12. The van der Waals surface area contributed by atoms with Crippen molar-refractivity contribution in [3.63, 3.8) is 0 Å². The van der Waals surface area contributed by atoms with Crippen molar-refractivity contribution in [2.45, 2.75) is 44.9 Å². The summed E-state index contributed by atoms with van der Waals surface area (Å²) < 4.78 is 37.8. The van der Waals surface area contributed by atoms with Crippen molar-refractivity contribution >= 4 is 22.5 Å². The number of aromatic amines is 1. The highest BCUT2D eigenvalue weighted by molar-refractivity contribution is 5.90. The summed E-state index contributed by atoms with van der Waals surface area (Å²) in [5, 5.41) is 17.2. The van der Waals surface area contributed by atoms with Crippen LogP contribution in [0.2, 0.25) is 0 Å². The Hall–Kier alpha value is -3.00. The predicted octanol–water partition coefficient (Wildman–Crippen LogP) is 5.35. The highest BCUT2D eigenvalue weighted by Crippen LogP contribution is 2.32. The van der Waals surface area contributed by atoms with E-state index in [9.17, 15) is 23.1 Å². The van der Waals surface area contributed by atoms with Crippen molar-refractivity contribution in [1.82, 2.24) is 10.3 Å². The number of halogens is 3. The van der Waals surface area contributed by atoms with Gasteiger partial charge in [0.25, 0.3) is 0 Å². The first-order valence-corrected chi connectivity index (χ1v) is 9.68. The van der Waals surface area contributed by atoms with E-state index in [1.807, 2.05) is 38.1 Å². The topological polar surface area (TPSA) is 77.2 Å². The standard InChI is InChI=1S/C22H24F3N3O2/c1-13(26-14(2)20-17-5-3-4-6-18(17)28-21(20)30)7-12-19(29)27-16-10-8-15(9-11-16)22(23,24)25/h3-6,8-11,13-14,26,28,30H,7,12H2,1-2H3,(H,27,29). The normalized spacial score (nSPS) is 13.9. The number of para-hydroxylation sites is 1. The van der Waals surface area contributed by atoms with Gasteiger partial charge in [-0.3, -0.25) is 4.79 Å². The fourth-order valence-corrected chi connectivity index (χ4v) is 3.49. The molecule has 0 fully saturated rings. The Morgan fingerprint density at radius 1 is 1.10 bits per heavy atom. The number of H-pyrrole nitrogens is 1. The van der Waals surface area contributed by atoms with Crippen LogP contribution in [0, 0.1) is 0 Å². The van der Waals surface area contributed by atoms with Crippen molar-refractivity contribution in [2.75, 3.05) is 5.32 Å². The van der Waals surface area contributed by atoms with Crippen LogP contribution in [0.1, 0.15) is 43.9 Å². The second-order valence-electron chi connectivity index (χ2n) is 7.38. The van der Waals surface area contributed by atoms with Gasteiger partial charge in [-0.1, -0.05) is 18.2 Å².